The molecule has 0 saturated heterocycles. The highest BCUT2D eigenvalue weighted by Gasteiger charge is 2.28. The highest BCUT2D eigenvalue weighted by Crippen LogP contribution is 2.32. The number of nitrogens with zero attached hydrogens (tertiary/aromatic N) is 2. The fourth-order valence-corrected chi connectivity index (χ4v) is 3.53. The van der Waals surface area contributed by atoms with E-state index in [1.165, 1.54) is 18.3 Å². The summed E-state index contributed by atoms with van der Waals surface area (Å²) in [6.45, 7) is 3.86. The highest BCUT2D eigenvalue weighted by atomic mass is 32.1. The second-order valence-corrected chi connectivity index (χ2v) is 6.69. The number of fused-ring (bicyclic) bond motifs is 1. The number of aromatic nitrogens is 1. The summed E-state index contributed by atoms with van der Waals surface area (Å²) in [4.78, 5) is 30.2. The zero-order valence-corrected chi connectivity index (χ0v) is 14.5. The number of aryl methyl sites for hydroxylation is 1. The van der Waals surface area contributed by atoms with Gasteiger partial charge in [0.25, 0.3) is 0 Å². The van der Waals surface area contributed by atoms with Crippen LogP contribution >= 0.6 is 11.3 Å². The number of benzene rings is 1. The third kappa shape index (κ3) is 3.54. The number of carbonyl (C=O) groups is 2. The summed E-state index contributed by atoms with van der Waals surface area (Å²) in [6.07, 6.45) is 3.89. The van der Waals surface area contributed by atoms with Gasteiger partial charge >= 0.3 is 0 Å². The molecule has 2 heterocycles. The van der Waals surface area contributed by atoms with Crippen LogP contribution in [0.2, 0.25) is 0 Å². The molecule has 0 spiro atoms. The predicted octanol–water partition coefficient (Wildman–Crippen LogP) is 3.03. The largest absolute Gasteiger partial charge is 0.350 e. The molecule has 0 bridgehead atoms. The summed E-state index contributed by atoms with van der Waals surface area (Å²) in [5.74, 6) is -0.168. The Bertz CT molecular complexity index is 797. The maximum Gasteiger partial charge on any atom is 0.223 e. The lowest BCUT2D eigenvalue weighted by Crippen LogP contribution is -2.35. The van der Waals surface area contributed by atoms with E-state index in [4.69, 9.17) is 0 Å². The molecule has 0 saturated carbocycles. The van der Waals surface area contributed by atoms with Crippen LogP contribution in [0.4, 0.5) is 0 Å². The van der Waals surface area contributed by atoms with Crippen LogP contribution < -0.4 is 5.32 Å². The van der Waals surface area contributed by atoms with E-state index in [1.807, 2.05) is 42.6 Å². The number of hydrogen-bond donors (Lipinski definition) is 1. The van der Waals surface area contributed by atoms with Gasteiger partial charge < -0.3 is 10.2 Å². The van der Waals surface area contributed by atoms with Gasteiger partial charge in [-0.05, 0) is 24.1 Å². The Kier molecular flexibility index (Phi) is 4.76. The molecule has 24 heavy (non-hydrogen) atoms. The molecule has 2 amide bonds. The summed E-state index contributed by atoms with van der Waals surface area (Å²) in [7, 11) is 0. The number of carbonyl (C=O) groups excluding carboxylic acids is 2. The summed E-state index contributed by atoms with van der Waals surface area (Å²) < 4.78 is 0. The average molecular weight is 341 g/mol. The molecule has 1 N–H and O–H groups in total. The number of nitrogens with one attached hydrogen (secondary N) is 1. The third-order valence-corrected chi connectivity index (χ3v) is 4.92. The van der Waals surface area contributed by atoms with E-state index >= 15 is 0 Å². The highest BCUT2D eigenvalue weighted by molar-refractivity contribution is 7.09. The molecule has 0 fully saturated rings. The molecule has 5 nitrogen and oxygen atoms in total. The SMILES string of the molecule is CC(=O)N1C=Cc2ccccc2[C@@H]1CC(=O)NCc1nc(C)cs1. The predicted molar refractivity (Wildman–Crippen MR) is 94.1 cm³/mol. The van der Waals surface area contributed by atoms with Crippen LogP contribution in [0.15, 0.2) is 35.8 Å². The molecule has 3 rings (SSSR count). The van der Waals surface area contributed by atoms with Crippen LogP contribution in [0.1, 0.15) is 41.2 Å². The Morgan fingerprint density at radius 1 is 1.33 bits per heavy atom. The van der Waals surface area contributed by atoms with Gasteiger partial charge in [0, 0.05) is 24.2 Å². The summed E-state index contributed by atoms with van der Waals surface area (Å²) >= 11 is 1.53. The van der Waals surface area contributed by atoms with E-state index in [9.17, 15) is 9.59 Å². The Labute approximate surface area is 145 Å². The molecule has 1 aliphatic rings. The van der Waals surface area contributed by atoms with Gasteiger partial charge in [-0.15, -0.1) is 11.3 Å². The molecule has 1 aliphatic heterocycles. The number of thiazole rings is 1. The quantitative estimate of drug-likeness (QED) is 0.930. The van der Waals surface area contributed by atoms with Gasteiger partial charge in [0.2, 0.25) is 11.8 Å². The monoisotopic (exact) mass is 341 g/mol. The van der Waals surface area contributed by atoms with E-state index in [1.54, 1.807) is 11.1 Å². The van der Waals surface area contributed by atoms with Crippen LogP contribution in [0.3, 0.4) is 0 Å². The molecule has 2 aromatic rings. The van der Waals surface area contributed by atoms with Gasteiger partial charge in [-0.2, -0.15) is 0 Å². The normalized spacial score (nSPS) is 15.9. The Hall–Kier alpha value is -2.47. The Morgan fingerprint density at radius 2 is 2.12 bits per heavy atom. The Morgan fingerprint density at radius 3 is 2.83 bits per heavy atom. The van der Waals surface area contributed by atoms with Crippen LogP contribution in [0.5, 0.6) is 0 Å². The minimum atomic E-state index is -0.276. The lowest BCUT2D eigenvalue weighted by atomic mass is 9.93. The molecule has 0 unspecified atom stereocenters. The fraction of sp³-hybridized carbons (Fsp3) is 0.278. The smallest absolute Gasteiger partial charge is 0.223 e. The van der Waals surface area contributed by atoms with Crippen molar-refractivity contribution in [2.45, 2.75) is 32.9 Å². The second-order valence-electron chi connectivity index (χ2n) is 5.75. The molecule has 124 valence electrons. The van der Waals surface area contributed by atoms with Crippen molar-refractivity contribution in [1.82, 2.24) is 15.2 Å². The first-order chi connectivity index (χ1) is 11.5. The summed E-state index contributed by atoms with van der Waals surface area (Å²) in [6, 6.07) is 7.57. The summed E-state index contributed by atoms with van der Waals surface area (Å²) in [5, 5.41) is 5.74. The number of hydrogen-bond acceptors (Lipinski definition) is 4. The third-order valence-electron chi connectivity index (χ3n) is 3.95. The van der Waals surface area contributed by atoms with Gasteiger partial charge in [0.15, 0.2) is 0 Å². The molecular formula is C18H19N3O2S. The average Bonchev–Trinajstić information content (AvgIpc) is 2.98. The lowest BCUT2D eigenvalue weighted by Gasteiger charge is -2.32. The number of rotatable bonds is 4. The topological polar surface area (TPSA) is 62.3 Å². The van der Waals surface area contributed by atoms with Crippen LogP contribution in [0.25, 0.3) is 6.08 Å². The molecule has 6 heteroatoms. The van der Waals surface area contributed by atoms with E-state index in [2.05, 4.69) is 10.3 Å². The van der Waals surface area contributed by atoms with Crippen molar-refractivity contribution in [1.29, 1.82) is 0 Å². The Balaban J connectivity index is 1.72. The fourth-order valence-electron chi connectivity index (χ4n) is 2.82. The van der Waals surface area contributed by atoms with Gasteiger partial charge in [0.05, 0.1) is 19.0 Å². The van der Waals surface area contributed by atoms with Crippen molar-refractivity contribution in [3.8, 4) is 0 Å². The summed E-state index contributed by atoms with van der Waals surface area (Å²) in [5.41, 5.74) is 3.00. The van der Waals surface area contributed by atoms with E-state index in [0.29, 0.717) is 6.54 Å². The molecule has 0 aliphatic carbocycles. The minimum Gasteiger partial charge on any atom is -0.350 e. The molecule has 1 aromatic heterocycles. The first kappa shape index (κ1) is 16.4. The van der Waals surface area contributed by atoms with Gasteiger partial charge in [0.1, 0.15) is 5.01 Å². The molecule has 1 aromatic carbocycles. The van der Waals surface area contributed by atoms with Crippen molar-refractivity contribution < 1.29 is 9.59 Å². The van der Waals surface area contributed by atoms with Crippen LogP contribution in [-0.2, 0) is 16.1 Å². The first-order valence-electron chi connectivity index (χ1n) is 7.78. The molecule has 1 atom stereocenters. The lowest BCUT2D eigenvalue weighted by molar-refractivity contribution is -0.130. The van der Waals surface area contributed by atoms with Gasteiger partial charge in [-0.1, -0.05) is 24.3 Å². The maximum atomic E-state index is 12.4. The first-order valence-corrected chi connectivity index (χ1v) is 8.66. The van der Waals surface area contributed by atoms with Gasteiger partial charge in [-0.3, -0.25) is 9.59 Å². The van der Waals surface area contributed by atoms with Gasteiger partial charge in [-0.25, -0.2) is 4.98 Å². The van der Waals surface area contributed by atoms with Crippen molar-refractivity contribution in [2.24, 2.45) is 0 Å². The van der Waals surface area contributed by atoms with Crippen molar-refractivity contribution in [3.63, 3.8) is 0 Å². The van der Waals surface area contributed by atoms with E-state index < -0.39 is 0 Å². The maximum absolute atomic E-state index is 12.4. The van der Waals surface area contributed by atoms with Crippen LogP contribution in [-0.4, -0.2) is 21.7 Å². The standard InChI is InChI=1S/C18H19N3O2S/c1-12-11-24-18(20-12)10-19-17(23)9-16-15-6-4-3-5-14(15)7-8-21(16)13(2)22/h3-8,11,16H,9-10H2,1-2H3,(H,19,23)/t16-/m0/s1. The zero-order chi connectivity index (χ0) is 17.1. The van der Waals surface area contributed by atoms with E-state index in [0.717, 1.165) is 21.8 Å². The molecular weight excluding hydrogens is 322 g/mol. The zero-order valence-electron chi connectivity index (χ0n) is 13.7. The van der Waals surface area contributed by atoms with Crippen molar-refractivity contribution in [2.75, 3.05) is 0 Å². The van der Waals surface area contributed by atoms with Crippen molar-refractivity contribution >= 4 is 29.2 Å². The molecule has 0 radical (unpaired) electrons. The number of amides is 2. The minimum absolute atomic E-state index is 0.0749. The van der Waals surface area contributed by atoms with Crippen molar-refractivity contribution in [3.05, 3.63) is 57.7 Å². The second kappa shape index (κ2) is 6.97. The van der Waals surface area contributed by atoms with Crippen LogP contribution in [0, 0.1) is 6.92 Å². The van der Waals surface area contributed by atoms with E-state index in [-0.39, 0.29) is 24.3 Å².